The van der Waals surface area contributed by atoms with Crippen molar-refractivity contribution in [3.05, 3.63) is 0 Å². The Hall–Kier alpha value is 0.797. The van der Waals surface area contributed by atoms with Crippen LogP contribution in [0.25, 0.3) is 0 Å². The topological polar surface area (TPSA) is 0 Å². The molecule has 54 valence electrons. The zero-order valence-corrected chi connectivity index (χ0v) is 8.55. The molecule has 0 heterocycles. The first kappa shape index (κ1) is 9.80. The van der Waals surface area contributed by atoms with Gasteiger partial charge in [0.2, 0.25) is 0 Å². The standard InChI is InChI=1S/C6H12Cl2Si/c1-4-6(2,3)9-5(7)8/h5H,4H2,1-3H3. The first-order chi connectivity index (χ1) is 3.98. The smallest absolute Gasteiger partial charge is 0.0934 e. The van der Waals surface area contributed by atoms with Gasteiger partial charge < -0.3 is 0 Å². The zero-order valence-electron chi connectivity index (χ0n) is 6.04. The van der Waals surface area contributed by atoms with Crippen LogP contribution in [0, 0.1) is 0 Å². The molecule has 0 aliphatic rings. The quantitative estimate of drug-likeness (QED) is 0.466. The van der Waals surface area contributed by atoms with Gasteiger partial charge in [-0.2, -0.15) is 0 Å². The van der Waals surface area contributed by atoms with E-state index in [0.717, 1.165) is 6.42 Å². The Labute approximate surface area is 69.7 Å². The first-order valence-corrected chi connectivity index (χ1v) is 4.99. The van der Waals surface area contributed by atoms with Crippen molar-refractivity contribution in [1.82, 2.24) is 0 Å². The maximum Gasteiger partial charge on any atom is 0.0934 e. The van der Waals surface area contributed by atoms with Crippen molar-refractivity contribution in [2.45, 2.75) is 36.7 Å². The highest BCUT2D eigenvalue weighted by Gasteiger charge is 2.19. The maximum absolute atomic E-state index is 5.62. The second kappa shape index (κ2) is 3.84. The fourth-order valence-corrected chi connectivity index (χ4v) is 2.96. The van der Waals surface area contributed by atoms with Gasteiger partial charge in [0.1, 0.15) is 0 Å². The number of halogens is 2. The molecule has 3 heteroatoms. The third-order valence-corrected chi connectivity index (χ3v) is 3.39. The highest BCUT2D eigenvalue weighted by molar-refractivity contribution is 6.70. The average Bonchev–Trinajstić information content (AvgIpc) is 1.63. The minimum Gasteiger partial charge on any atom is -0.110 e. The summed E-state index contributed by atoms with van der Waals surface area (Å²) in [4.78, 5) is 0. The lowest BCUT2D eigenvalue weighted by molar-refractivity contribution is 0.643. The number of alkyl halides is 2. The van der Waals surface area contributed by atoms with E-state index in [1.807, 2.05) is 0 Å². The van der Waals surface area contributed by atoms with E-state index in [0.29, 0.717) is 14.6 Å². The van der Waals surface area contributed by atoms with Gasteiger partial charge in [-0.15, -0.1) is 23.2 Å². The Morgan fingerprint density at radius 1 is 1.44 bits per heavy atom. The van der Waals surface area contributed by atoms with Gasteiger partial charge in [0.25, 0.3) is 0 Å². The summed E-state index contributed by atoms with van der Waals surface area (Å²) in [6.07, 6.45) is 1.14. The van der Waals surface area contributed by atoms with Crippen LogP contribution in [0.15, 0.2) is 0 Å². The minimum absolute atomic E-state index is 0.181. The second-order valence-corrected chi connectivity index (χ2v) is 6.73. The predicted molar refractivity (Wildman–Crippen MR) is 45.6 cm³/mol. The molecule has 0 aliphatic heterocycles. The SMILES string of the molecule is CCC(C)(C)[Si]C(Cl)Cl. The van der Waals surface area contributed by atoms with Gasteiger partial charge in [0, 0.05) is 0 Å². The normalized spacial score (nSPS) is 12.7. The Balaban J connectivity index is 3.58. The van der Waals surface area contributed by atoms with E-state index in [1.54, 1.807) is 0 Å². The van der Waals surface area contributed by atoms with Gasteiger partial charge >= 0.3 is 0 Å². The molecule has 0 aromatic rings. The van der Waals surface area contributed by atoms with E-state index in [1.165, 1.54) is 0 Å². The highest BCUT2D eigenvalue weighted by Crippen LogP contribution is 2.29. The largest absolute Gasteiger partial charge is 0.110 e. The van der Waals surface area contributed by atoms with Gasteiger partial charge in [0.15, 0.2) is 0 Å². The molecule has 0 nitrogen and oxygen atoms in total. The van der Waals surface area contributed by atoms with E-state index in [-0.39, 0.29) is 4.46 Å². The molecule has 0 amide bonds. The Morgan fingerprint density at radius 3 is 2.00 bits per heavy atom. The number of rotatable bonds is 3. The third-order valence-electron chi connectivity index (χ3n) is 1.38. The number of hydrogen-bond acceptors (Lipinski definition) is 0. The summed E-state index contributed by atoms with van der Waals surface area (Å²) >= 11 is 11.2. The van der Waals surface area contributed by atoms with Crippen molar-refractivity contribution in [2.24, 2.45) is 0 Å². The molecule has 0 atom stereocenters. The molecule has 0 saturated carbocycles. The Morgan fingerprint density at radius 2 is 1.89 bits per heavy atom. The minimum atomic E-state index is -0.181. The molecule has 0 unspecified atom stereocenters. The van der Waals surface area contributed by atoms with Crippen LogP contribution in [-0.4, -0.2) is 14.0 Å². The Kier molecular flexibility index (Phi) is 4.18. The van der Waals surface area contributed by atoms with Crippen LogP contribution in [0.2, 0.25) is 5.04 Å². The summed E-state index contributed by atoms with van der Waals surface area (Å²) < 4.78 is -0.181. The zero-order chi connectivity index (χ0) is 7.49. The van der Waals surface area contributed by atoms with Crippen molar-refractivity contribution in [1.29, 1.82) is 0 Å². The lowest BCUT2D eigenvalue weighted by Gasteiger charge is -2.21. The fraction of sp³-hybridized carbons (Fsp3) is 1.00. The molecule has 0 aromatic heterocycles. The lowest BCUT2D eigenvalue weighted by Crippen LogP contribution is -2.17. The van der Waals surface area contributed by atoms with Crippen LogP contribution in [0.4, 0.5) is 0 Å². The summed E-state index contributed by atoms with van der Waals surface area (Å²) in [6, 6.07) is 0. The van der Waals surface area contributed by atoms with Gasteiger partial charge in [-0.3, -0.25) is 0 Å². The van der Waals surface area contributed by atoms with Crippen LogP contribution in [0.1, 0.15) is 27.2 Å². The summed E-state index contributed by atoms with van der Waals surface area (Å²) in [5, 5.41) is 0.328. The lowest BCUT2D eigenvalue weighted by atomic mass is 10.1. The molecule has 0 rings (SSSR count). The summed E-state index contributed by atoms with van der Waals surface area (Å²) in [6.45, 7) is 6.52. The van der Waals surface area contributed by atoms with E-state index < -0.39 is 0 Å². The van der Waals surface area contributed by atoms with Gasteiger partial charge in [0.05, 0.1) is 14.0 Å². The van der Waals surface area contributed by atoms with Crippen LogP contribution in [-0.2, 0) is 0 Å². The van der Waals surface area contributed by atoms with Crippen LogP contribution < -0.4 is 0 Å². The van der Waals surface area contributed by atoms with E-state index in [4.69, 9.17) is 23.2 Å². The molecule has 0 N–H and O–H groups in total. The summed E-state index contributed by atoms with van der Waals surface area (Å²) in [5.74, 6) is 0. The summed E-state index contributed by atoms with van der Waals surface area (Å²) in [7, 11) is 0.646. The van der Waals surface area contributed by atoms with Gasteiger partial charge in [-0.1, -0.05) is 27.2 Å². The van der Waals surface area contributed by atoms with E-state index in [2.05, 4.69) is 20.8 Å². The molecule has 2 radical (unpaired) electrons. The molecule has 0 aromatic carbocycles. The van der Waals surface area contributed by atoms with Crippen molar-refractivity contribution in [3.63, 3.8) is 0 Å². The monoisotopic (exact) mass is 182 g/mol. The fourth-order valence-electron chi connectivity index (χ4n) is 0.397. The van der Waals surface area contributed by atoms with E-state index >= 15 is 0 Å². The van der Waals surface area contributed by atoms with Crippen LogP contribution in [0.5, 0.6) is 0 Å². The highest BCUT2D eigenvalue weighted by atomic mass is 35.5. The molecular weight excluding hydrogens is 171 g/mol. The predicted octanol–water partition coefficient (Wildman–Crippen LogP) is 3.06. The van der Waals surface area contributed by atoms with Crippen molar-refractivity contribution in [3.8, 4) is 0 Å². The summed E-state index contributed by atoms with van der Waals surface area (Å²) in [5.41, 5.74) is 0. The van der Waals surface area contributed by atoms with Gasteiger partial charge in [-0.05, 0) is 5.04 Å². The molecule has 0 saturated heterocycles. The van der Waals surface area contributed by atoms with Crippen LogP contribution >= 0.6 is 23.2 Å². The molecule has 0 spiro atoms. The van der Waals surface area contributed by atoms with Crippen molar-refractivity contribution >= 4 is 32.7 Å². The molecule has 0 fully saturated rings. The van der Waals surface area contributed by atoms with Crippen LogP contribution in [0.3, 0.4) is 0 Å². The van der Waals surface area contributed by atoms with Gasteiger partial charge in [-0.25, -0.2) is 0 Å². The number of hydrogen-bond donors (Lipinski definition) is 0. The average molecular weight is 183 g/mol. The molecule has 0 aliphatic carbocycles. The van der Waals surface area contributed by atoms with Crippen molar-refractivity contribution in [2.75, 3.05) is 0 Å². The third kappa shape index (κ3) is 5.25. The Bertz CT molecular complexity index is 81.1. The van der Waals surface area contributed by atoms with E-state index in [9.17, 15) is 0 Å². The van der Waals surface area contributed by atoms with Crippen molar-refractivity contribution < 1.29 is 0 Å². The molecular formula is C6H12Cl2Si. The molecule has 0 bridgehead atoms. The first-order valence-electron chi connectivity index (χ1n) is 3.04. The second-order valence-electron chi connectivity index (χ2n) is 2.68. The maximum atomic E-state index is 5.62. The molecule has 9 heavy (non-hydrogen) atoms.